The van der Waals surface area contributed by atoms with Gasteiger partial charge < -0.3 is 14.6 Å². The maximum absolute atomic E-state index is 12.1. The molecule has 0 aliphatic carbocycles. The van der Waals surface area contributed by atoms with Gasteiger partial charge in [0, 0.05) is 28.4 Å². The highest BCUT2D eigenvalue weighted by Gasteiger charge is 2.14. The van der Waals surface area contributed by atoms with Crippen LogP contribution in [0.4, 0.5) is 5.82 Å². The zero-order chi connectivity index (χ0) is 19.4. The number of nitrogens with zero attached hydrogens (tertiary/aromatic N) is 3. The Bertz CT molecular complexity index is 919. The number of carbonyl (C=O) groups is 1. The number of ether oxygens (including phenoxy) is 1. The summed E-state index contributed by atoms with van der Waals surface area (Å²) < 4.78 is 12.5. The third-order valence-corrected chi connectivity index (χ3v) is 4.03. The number of nitrogens with one attached hydrogen (secondary N) is 1. The van der Waals surface area contributed by atoms with Gasteiger partial charge in [-0.3, -0.25) is 9.48 Å². The summed E-state index contributed by atoms with van der Waals surface area (Å²) in [7, 11) is 0. The van der Waals surface area contributed by atoms with Crippen LogP contribution in [0.25, 0.3) is 0 Å². The summed E-state index contributed by atoms with van der Waals surface area (Å²) in [5.74, 6) is 1.34. The first-order valence-electron chi connectivity index (χ1n) is 8.60. The molecule has 0 unspecified atom stereocenters. The molecule has 1 N–H and O–H groups in total. The van der Waals surface area contributed by atoms with Crippen LogP contribution in [0.15, 0.2) is 41.1 Å². The quantitative estimate of drug-likeness (QED) is 0.656. The van der Waals surface area contributed by atoms with Crippen molar-refractivity contribution < 1.29 is 14.1 Å². The van der Waals surface area contributed by atoms with Gasteiger partial charge in [-0.15, -0.1) is 0 Å². The fourth-order valence-corrected chi connectivity index (χ4v) is 2.67. The second-order valence-corrected chi connectivity index (χ2v) is 7.05. The van der Waals surface area contributed by atoms with Crippen LogP contribution in [0.2, 0.25) is 5.02 Å². The molecule has 0 atom stereocenters. The van der Waals surface area contributed by atoms with Gasteiger partial charge in [0.25, 0.3) is 5.91 Å². The summed E-state index contributed by atoms with van der Waals surface area (Å²) in [5, 5.41) is 11.3. The van der Waals surface area contributed by atoms with E-state index in [1.165, 1.54) is 12.3 Å². The molecule has 2 heterocycles. The molecule has 3 rings (SSSR count). The Balaban J connectivity index is 1.77. The summed E-state index contributed by atoms with van der Waals surface area (Å²) in [4.78, 5) is 12.1. The molecule has 0 saturated heterocycles. The first-order valence-corrected chi connectivity index (χ1v) is 8.98. The summed E-state index contributed by atoms with van der Waals surface area (Å²) in [6, 6.07) is 8.81. The normalized spacial score (nSPS) is 11.0. The Hall–Kier alpha value is -2.80. The van der Waals surface area contributed by atoms with Crippen molar-refractivity contribution in [3.05, 3.63) is 58.6 Å². The molecule has 0 aliphatic rings. The van der Waals surface area contributed by atoms with Gasteiger partial charge in [-0.2, -0.15) is 5.10 Å². The number of halogens is 1. The Morgan fingerprint density at radius 3 is 2.85 bits per heavy atom. The van der Waals surface area contributed by atoms with E-state index in [0.717, 1.165) is 17.0 Å². The maximum Gasteiger partial charge on any atom is 0.295 e. The number of carbonyl (C=O) groups excluding carboxylic acids is 1. The summed E-state index contributed by atoms with van der Waals surface area (Å²) in [5.41, 5.74) is 1.81. The molecule has 3 aromatic rings. The van der Waals surface area contributed by atoms with Crippen LogP contribution in [-0.4, -0.2) is 27.5 Å². The molecule has 2 aromatic heterocycles. The summed E-state index contributed by atoms with van der Waals surface area (Å²) in [6.07, 6.45) is 1.41. The second kappa shape index (κ2) is 8.26. The second-order valence-electron chi connectivity index (χ2n) is 6.62. The van der Waals surface area contributed by atoms with Crippen LogP contribution in [0.3, 0.4) is 0 Å². The molecule has 1 aromatic carbocycles. The highest BCUT2D eigenvalue weighted by atomic mass is 35.5. The number of benzene rings is 1. The first-order chi connectivity index (χ1) is 12.9. The van der Waals surface area contributed by atoms with Crippen LogP contribution in [0.1, 0.15) is 35.7 Å². The van der Waals surface area contributed by atoms with Crippen molar-refractivity contribution >= 4 is 23.3 Å². The highest BCUT2D eigenvalue weighted by Crippen LogP contribution is 2.25. The minimum atomic E-state index is -0.402. The standard InChI is InChI=1S/C19H21ClN4O3/c1-12(2)11-26-16-5-4-15(20)9-14(16)10-24-13(3)8-18(23-24)22-19(25)17-6-7-21-27-17/h4-9,12H,10-11H2,1-3H3,(H,22,23,25). The van der Waals surface area contributed by atoms with Gasteiger partial charge in [-0.1, -0.05) is 30.6 Å². The van der Waals surface area contributed by atoms with Gasteiger partial charge in [0.05, 0.1) is 19.3 Å². The third-order valence-electron chi connectivity index (χ3n) is 3.80. The average Bonchev–Trinajstić information content (AvgIpc) is 3.25. The van der Waals surface area contributed by atoms with Crippen molar-refractivity contribution in [1.29, 1.82) is 0 Å². The lowest BCUT2D eigenvalue weighted by molar-refractivity contribution is 0.0987. The molecule has 0 radical (unpaired) electrons. The van der Waals surface area contributed by atoms with Gasteiger partial charge in [0.15, 0.2) is 5.82 Å². The molecular weight excluding hydrogens is 368 g/mol. The number of anilines is 1. The minimum absolute atomic E-state index is 0.126. The Morgan fingerprint density at radius 1 is 1.33 bits per heavy atom. The van der Waals surface area contributed by atoms with Crippen LogP contribution in [0.5, 0.6) is 5.75 Å². The van der Waals surface area contributed by atoms with E-state index in [4.69, 9.17) is 20.9 Å². The minimum Gasteiger partial charge on any atom is -0.493 e. The molecule has 0 bridgehead atoms. The van der Waals surface area contributed by atoms with E-state index < -0.39 is 5.91 Å². The first kappa shape index (κ1) is 19.0. The molecule has 0 saturated carbocycles. The van der Waals surface area contributed by atoms with E-state index >= 15 is 0 Å². The number of aryl methyl sites for hydroxylation is 1. The molecule has 8 heteroatoms. The zero-order valence-corrected chi connectivity index (χ0v) is 16.2. The topological polar surface area (TPSA) is 82.2 Å². The maximum atomic E-state index is 12.1. The van der Waals surface area contributed by atoms with Crippen molar-refractivity contribution in [3.63, 3.8) is 0 Å². The van der Waals surface area contributed by atoms with Crippen molar-refractivity contribution in [1.82, 2.24) is 14.9 Å². The lowest BCUT2D eigenvalue weighted by Gasteiger charge is -2.14. The molecular formula is C19H21ClN4O3. The number of amides is 1. The smallest absolute Gasteiger partial charge is 0.295 e. The zero-order valence-electron chi connectivity index (χ0n) is 15.4. The SMILES string of the molecule is Cc1cc(NC(=O)c2ccno2)nn1Cc1cc(Cl)ccc1OCC(C)C. The van der Waals surface area contributed by atoms with E-state index in [1.54, 1.807) is 16.8 Å². The largest absolute Gasteiger partial charge is 0.493 e. The van der Waals surface area contributed by atoms with Gasteiger partial charge >= 0.3 is 0 Å². The molecule has 0 aliphatic heterocycles. The Labute approximate surface area is 162 Å². The van der Waals surface area contributed by atoms with E-state index in [1.807, 2.05) is 19.1 Å². The molecule has 1 amide bonds. The van der Waals surface area contributed by atoms with E-state index in [0.29, 0.717) is 29.9 Å². The van der Waals surface area contributed by atoms with Crippen LogP contribution < -0.4 is 10.1 Å². The summed E-state index contributed by atoms with van der Waals surface area (Å²) in [6.45, 7) is 7.19. The molecule has 0 spiro atoms. The van der Waals surface area contributed by atoms with E-state index in [2.05, 4.69) is 29.4 Å². The highest BCUT2D eigenvalue weighted by molar-refractivity contribution is 6.30. The van der Waals surface area contributed by atoms with Crippen LogP contribution >= 0.6 is 11.6 Å². The van der Waals surface area contributed by atoms with Crippen molar-refractivity contribution in [2.45, 2.75) is 27.3 Å². The van der Waals surface area contributed by atoms with Crippen molar-refractivity contribution in [3.8, 4) is 5.75 Å². The molecule has 27 heavy (non-hydrogen) atoms. The predicted molar refractivity (Wildman–Crippen MR) is 102 cm³/mol. The van der Waals surface area contributed by atoms with Gasteiger partial charge in [0.1, 0.15) is 5.75 Å². The predicted octanol–water partition coefficient (Wildman–Crippen LogP) is 4.17. The summed E-state index contributed by atoms with van der Waals surface area (Å²) >= 11 is 6.16. The average molecular weight is 389 g/mol. The Kier molecular flexibility index (Phi) is 5.81. The fraction of sp³-hybridized carbons (Fsp3) is 0.316. The van der Waals surface area contributed by atoms with Gasteiger partial charge in [-0.05, 0) is 31.0 Å². The van der Waals surface area contributed by atoms with Crippen molar-refractivity contribution in [2.75, 3.05) is 11.9 Å². The lowest BCUT2D eigenvalue weighted by atomic mass is 10.2. The lowest BCUT2D eigenvalue weighted by Crippen LogP contribution is -2.12. The third kappa shape index (κ3) is 4.89. The van der Waals surface area contributed by atoms with Gasteiger partial charge in [-0.25, -0.2) is 0 Å². The molecule has 7 nitrogen and oxygen atoms in total. The Morgan fingerprint density at radius 2 is 2.15 bits per heavy atom. The monoisotopic (exact) mass is 388 g/mol. The number of aromatic nitrogens is 3. The molecule has 0 fully saturated rings. The van der Waals surface area contributed by atoms with Crippen molar-refractivity contribution in [2.24, 2.45) is 5.92 Å². The van der Waals surface area contributed by atoms with E-state index in [9.17, 15) is 4.79 Å². The van der Waals surface area contributed by atoms with Crippen LogP contribution in [-0.2, 0) is 6.54 Å². The number of hydrogen-bond donors (Lipinski definition) is 1. The van der Waals surface area contributed by atoms with E-state index in [-0.39, 0.29) is 5.76 Å². The van der Waals surface area contributed by atoms with Gasteiger partial charge in [0.2, 0.25) is 5.76 Å². The number of hydrogen-bond acceptors (Lipinski definition) is 5. The fourth-order valence-electron chi connectivity index (χ4n) is 2.47. The molecule has 142 valence electrons. The number of rotatable bonds is 7. The van der Waals surface area contributed by atoms with Crippen LogP contribution in [0, 0.1) is 12.8 Å².